The first kappa shape index (κ1) is 13.4. The van der Waals surface area contributed by atoms with Crippen LogP contribution in [0.25, 0.3) is 0 Å². The highest BCUT2D eigenvalue weighted by Gasteiger charge is 2.15. The summed E-state index contributed by atoms with van der Waals surface area (Å²) in [4.78, 5) is 0. The van der Waals surface area contributed by atoms with Gasteiger partial charge in [-0.2, -0.15) is 0 Å². The topological polar surface area (TPSA) is 35.5 Å². The molecule has 3 heteroatoms. The molecule has 0 rings (SSSR count). The van der Waals surface area contributed by atoms with E-state index < -0.39 is 0 Å². The Morgan fingerprint density at radius 1 is 1.64 bits per heavy atom. The third kappa shape index (κ3) is 5.20. The molecule has 0 radical (unpaired) electrons. The zero-order chi connectivity index (χ0) is 11.0. The number of hydroxylamine groups is 2. The van der Waals surface area contributed by atoms with Gasteiger partial charge in [-0.3, -0.25) is 0 Å². The van der Waals surface area contributed by atoms with Gasteiger partial charge in [-0.25, -0.2) is 0 Å². The van der Waals surface area contributed by atoms with Crippen LogP contribution < -0.4 is 0 Å². The van der Waals surface area contributed by atoms with Crippen LogP contribution in [-0.4, -0.2) is 24.9 Å². The van der Waals surface area contributed by atoms with Crippen molar-refractivity contribution in [3.05, 3.63) is 23.6 Å². The van der Waals surface area contributed by atoms with Crippen LogP contribution in [0.2, 0.25) is 0 Å². The maximum Gasteiger partial charge on any atom is 0.101 e. The standard InChI is InChI=1S/C11H20NO2/c1-5-7-8-9-10(3)11(12(4)13)14-6-2/h7,10-11H,1,6,8-9H2,2-4H3/q-1. The molecule has 0 aromatic rings. The van der Waals surface area contributed by atoms with Gasteiger partial charge in [0.05, 0.1) is 0 Å². The van der Waals surface area contributed by atoms with E-state index in [4.69, 9.17) is 4.74 Å². The lowest BCUT2D eigenvalue weighted by molar-refractivity contribution is -0.0560. The van der Waals surface area contributed by atoms with E-state index in [1.54, 1.807) is 0 Å². The molecular formula is C11H20NO2-. The normalized spacial score (nSPS) is 14.9. The fourth-order valence-corrected chi connectivity index (χ4v) is 1.39. The number of nitrogens with zero attached hydrogens (tertiary/aromatic N) is 1. The molecule has 0 aromatic carbocycles. The lowest BCUT2D eigenvalue weighted by Gasteiger charge is -2.36. The fourth-order valence-electron chi connectivity index (χ4n) is 1.39. The molecule has 3 nitrogen and oxygen atoms in total. The molecule has 0 N–H and O–H groups in total. The molecule has 0 saturated carbocycles. The van der Waals surface area contributed by atoms with Crippen molar-refractivity contribution in [1.82, 2.24) is 5.06 Å². The van der Waals surface area contributed by atoms with Crippen molar-refractivity contribution in [3.63, 3.8) is 0 Å². The molecule has 14 heavy (non-hydrogen) atoms. The van der Waals surface area contributed by atoms with Gasteiger partial charge in [0, 0.05) is 6.61 Å². The van der Waals surface area contributed by atoms with Crippen molar-refractivity contribution in [2.45, 2.75) is 32.9 Å². The Bertz CT molecular complexity index is 186. The van der Waals surface area contributed by atoms with Crippen molar-refractivity contribution < 1.29 is 4.74 Å². The van der Waals surface area contributed by atoms with Crippen LogP contribution in [0, 0.1) is 11.1 Å². The van der Waals surface area contributed by atoms with Crippen LogP contribution in [0.5, 0.6) is 0 Å². The minimum Gasteiger partial charge on any atom is -0.784 e. The van der Waals surface area contributed by atoms with E-state index in [-0.39, 0.29) is 12.1 Å². The Hall–Kier alpha value is -0.600. The average Bonchev–Trinajstić information content (AvgIpc) is 2.13. The number of rotatable bonds is 7. The molecule has 0 aliphatic heterocycles. The molecule has 2 unspecified atom stereocenters. The first-order chi connectivity index (χ1) is 6.63. The number of hydrogen-bond acceptors (Lipinski definition) is 3. The van der Waals surface area contributed by atoms with Gasteiger partial charge in [-0.1, -0.05) is 13.5 Å². The summed E-state index contributed by atoms with van der Waals surface area (Å²) in [5.41, 5.74) is 2.72. The molecule has 0 aliphatic rings. The second-order valence-electron chi connectivity index (χ2n) is 3.35. The van der Waals surface area contributed by atoms with Crippen molar-refractivity contribution in [2.75, 3.05) is 13.7 Å². The largest absolute Gasteiger partial charge is 0.784 e. The zero-order valence-corrected chi connectivity index (χ0v) is 9.32. The molecule has 2 atom stereocenters. The summed E-state index contributed by atoms with van der Waals surface area (Å²) in [6.07, 6.45) is 3.35. The molecule has 0 fully saturated rings. The first-order valence-electron chi connectivity index (χ1n) is 4.99. The second-order valence-corrected chi connectivity index (χ2v) is 3.35. The summed E-state index contributed by atoms with van der Waals surface area (Å²) in [5, 5.41) is 12.0. The van der Waals surface area contributed by atoms with Gasteiger partial charge in [0.25, 0.3) is 0 Å². The van der Waals surface area contributed by atoms with Crippen LogP contribution in [0.4, 0.5) is 0 Å². The number of hydrogen-bond donors (Lipinski definition) is 0. The van der Waals surface area contributed by atoms with Crippen LogP contribution in [0.3, 0.4) is 0 Å². The molecule has 82 valence electrons. The molecule has 0 aliphatic carbocycles. The van der Waals surface area contributed by atoms with Gasteiger partial charge in [0.1, 0.15) is 6.23 Å². The molecule has 0 amide bonds. The summed E-state index contributed by atoms with van der Waals surface area (Å²) in [7, 11) is 1.50. The van der Waals surface area contributed by atoms with E-state index in [1.807, 2.05) is 19.9 Å². The summed E-state index contributed by atoms with van der Waals surface area (Å²) in [6.45, 7) is 7.97. The lowest BCUT2D eigenvalue weighted by Crippen LogP contribution is -2.35. The van der Waals surface area contributed by atoms with E-state index in [9.17, 15) is 5.21 Å². The predicted molar refractivity (Wildman–Crippen MR) is 58.7 cm³/mol. The minimum absolute atomic E-state index is 0.224. The third-order valence-corrected chi connectivity index (χ3v) is 2.09. The number of allylic oxidation sites excluding steroid dienone is 1. The quantitative estimate of drug-likeness (QED) is 0.358. The zero-order valence-electron chi connectivity index (χ0n) is 9.32. The van der Waals surface area contributed by atoms with Crippen molar-refractivity contribution in [1.29, 1.82) is 0 Å². The Balaban J connectivity index is 4.00. The predicted octanol–water partition coefficient (Wildman–Crippen LogP) is 2.54. The van der Waals surface area contributed by atoms with E-state index in [0.29, 0.717) is 6.61 Å². The maximum atomic E-state index is 11.2. The van der Waals surface area contributed by atoms with Gasteiger partial charge >= 0.3 is 0 Å². The summed E-state index contributed by atoms with van der Waals surface area (Å²) < 4.78 is 5.36. The van der Waals surface area contributed by atoms with Crippen molar-refractivity contribution in [3.8, 4) is 0 Å². The summed E-state index contributed by atoms with van der Waals surface area (Å²) in [6, 6.07) is 0. The Labute approximate surface area is 86.6 Å². The lowest BCUT2D eigenvalue weighted by atomic mass is 10.0. The summed E-state index contributed by atoms with van der Waals surface area (Å²) in [5.74, 6) is 0.224. The third-order valence-electron chi connectivity index (χ3n) is 2.09. The average molecular weight is 198 g/mol. The molecule has 0 heterocycles. The Morgan fingerprint density at radius 2 is 2.29 bits per heavy atom. The maximum absolute atomic E-state index is 11.2. The van der Waals surface area contributed by atoms with Gasteiger partial charge in [0.2, 0.25) is 0 Å². The van der Waals surface area contributed by atoms with Crippen LogP contribution in [0.15, 0.2) is 18.4 Å². The van der Waals surface area contributed by atoms with E-state index in [1.165, 1.54) is 7.05 Å². The van der Waals surface area contributed by atoms with Crippen LogP contribution in [0.1, 0.15) is 26.7 Å². The van der Waals surface area contributed by atoms with E-state index in [0.717, 1.165) is 17.9 Å². The summed E-state index contributed by atoms with van der Waals surface area (Å²) >= 11 is 0. The fraction of sp³-hybridized carbons (Fsp3) is 0.727. The van der Waals surface area contributed by atoms with E-state index >= 15 is 0 Å². The highest BCUT2D eigenvalue weighted by atomic mass is 16.6. The van der Waals surface area contributed by atoms with Crippen molar-refractivity contribution in [2.24, 2.45) is 5.92 Å². The van der Waals surface area contributed by atoms with Crippen molar-refractivity contribution >= 4 is 0 Å². The van der Waals surface area contributed by atoms with Gasteiger partial charge in [0.15, 0.2) is 0 Å². The first-order valence-corrected chi connectivity index (χ1v) is 4.99. The Morgan fingerprint density at radius 3 is 2.71 bits per heavy atom. The number of ether oxygens (including phenoxy) is 1. The molecule has 0 bridgehead atoms. The van der Waals surface area contributed by atoms with Crippen LogP contribution in [-0.2, 0) is 4.74 Å². The molecule has 0 spiro atoms. The SMILES string of the molecule is C=C=CCCC(C)C(OCC)N(C)[O-]. The van der Waals surface area contributed by atoms with Gasteiger partial charge in [-0.05, 0) is 38.8 Å². The molecule has 0 saturated heterocycles. The highest BCUT2D eigenvalue weighted by Crippen LogP contribution is 2.16. The van der Waals surface area contributed by atoms with Crippen LogP contribution >= 0.6 is 0 Å². The highest BCUT2D eigenvalue weighted by molar-refractivity contribution is 4.78. The minimum atomic E-state index is -0.335. The molecule has 0 aromatic heterocycles. The van der Waals surface area contributed by atoms with Gasteiger partial charge in [-0.15, -0.1) is 5.73 Å². The Kier molecular flexibility index (Phi) is 7.44. The molecular weight excluding hydrogens is 178 g/mol. The van der Waals surface area contributed by atoms with Gasteiger partial charge < -0.3 is 15.0 Å². The monoisotopic (exact) mass is 198 g/mol. The van der Waals surface area contributed by atoms with E-state index in [2.05, 4.69) is 12.3 Å². The smallest absolute Gasteiger partial charge is 0.101 e. The second kappa shape index (κ2) is 7.77.